The molecular weight excluding hydrogens is 234 g/mol. The molecule has 1 N–H and O–H groups in total. The van der Waals surface area contributed by atoms with Crippen LogP contribution in [-0.2, 0) is 4.79 Å². The Hall–Kier alpha value is -1.02. The Kier molecular flexibility index (Phi) is 5.49. The molecule has 3 heteroatoms. The van der Waals surface area contributed by atoms with Crippen molar-refractivity contribution in [3.05, 3.63) is 34.9 Å². The maximum Gasteiger partial charge on any atom is 0.223 e. The van der Waals surface area contributed by atoms with Crippen molar-refractivity contribution < 1.29 is 4.79 Å². The molecular formula is C14H20ClNO. The Balaban J connectivity index is 2.82. The van der Waals surface area contributed by atoms with E-state index in [0.29, 0.717) is 5.02 Å². The molecule has 0 aliphatic rings. The van der Waals surface area contributed by atoms with E-state index in [1.165, 1.54) is 0 Å². The molecule has 1 unspecified atom stereocenters. The van der Waals surface area contributed by atoms with Gasteiger partial charge in [0.1, 0.15) is 0 Å². The zero-order chi connectivity index (χ0) is 12.8. The van der Waals surface area contributed by atoms with Gasteiger partial charge in [-0.05, 0) is 24.1 Å². The molecule has 0 heterocycles. The fourth-order valence-electron chi connectivity index (χ4n) is 1.67. The Labute approximate surface area is 108 Å². The highest BCUT2D eigenvalue weighted by Gasteiger charge is 2.15. The van der Waals surface area contributed by atoms with Gasteiger partial charge in [0.15, 0.2) is 0 Å². The van der Waals surface area contributed by atoms with Crippen molar-refractivity contribution in [2.24, 2.45) is 5.92 Å². The molecule has 0 aliphatic carbocycles. The highest BCUT2D eigenvalue weighted by Crippen LogP contribution is 2.22. The molecule has 1 amide bonds. The van der Waals surface area contributed by atoms with Gasteiger partial charge in [-0.3, -0.25) is 4.79 Å². The van der Waals surface area contributed by atoms with E-state index in [1.54, 1.807) is 0 Å². The van der Waals surface area contributed by atoms with Gasteiger partial charge in [0.25, 0.3) is 0 Å². The second kappa shape index (κ2) is 6.65. The number of hydrogen-bond donors (Lipinski definition) is 1. The fraction of sp³-hybridized carbons (Fsp3) is 0.500. The summed E-state index contributed by atoms with van der Waals surface area (Å²) in [6.07, 6.45) is 1.95. The van der Waals surface area contributed by atoms with E-state index in [9.17, 15) is 4.79 Å². The molecule has 0 spiro atoms. The highest BCUT2D eigenvalue weighted by atomic mass is 35.5. The molecule has 1 atom stereocenters. The van der Waals surface area contributed by atoms with Gasteiger partial charge in [-0.15, -0.1) is 0 Å². The Morgan fingerprint density at radius 2 is 2.12 bits per heavy atom. The minimum Gasteiger partial charge on any atom is -0.349 e. The SMILES string of the molecule is CCCC(NC(=O)C(C)C)c1cccc(Cl)c1. The van der Waals surface area contributed by atoms with Crippen molar-refractivity contribution in [2.45, 2.75) is 39.7 Å². The Bertz CT molecular complexity index is 376. The van der Waals surface area contributed by atoms with Crippen LogP contribution >= 0.6 is 11.6 Å². The fourth-order valence-corrected chi connectivity index (χ4v) is 1.87. The number of carbonyl (C=O) groups is 1. The molecule has 94 valence electrons. The normalized spacial score (nSPS) is 12.5. The summed E-state index contributed by atoms with van der Waals surface area (Å²) in [6, 6.07) is 7.75. The molecule has 2 nitrogen and oxygen atoms in total. The van der Waals surface area contributed by atoms with Gasteiger partial charge < -0.3 is 5.32 Å². The molecule has 1 rings (SSSR count). The van der Waals surface area contributed by atoms with E-state index < -0.39 is 0 Å². The monoisotopic (exact) mass is 253 g/mol. The topological polar surface area (TPSA) is 29.1 Å². The minimum atomic E-state index is 0.00791. The van der Waals surface area contributed by atoms with Crippen molar-refractivity contribution in [1.82, 2.24) is 5.32 Å². The number of halogens is 1. The number of nitrogens with one attached hydrogen (secondary N) is 1. The first-order valence-electron chi connectivity index (χ1n) is 6.10. The molecule has 0 aromatic heterocycles. The van der Waals surface area contributed by atoms with Crippen LogP contribution in [0.4, 0.5) is 0 Å². The number of amides is 1. The van der Waals surface area contributed by atoms with Crippen LogP contribution in [0.3, 0.4) is 0 Å². The summed E-state index contributed by atoms with van der Waals surface area (Å²) >= 11 is 5.98. The third-order valence-electron chi connectivity index (χ3n) is 2.67. The van der Waals surface area contributed by atoms with Crippen molar-refractivity contribution in [1.29, 1.82) is 0 Å². The molecule has 17 heavy (non-hydrogen) atoms. The lowest BCUT2D eigenvalue weighted by Crippen LogP contribution is -2.31. The summed E-state index contributed by atoms with van der Waals surface area (Å²) < 4.78 is 0. The average Bonchev–Trinajstić information content (AvgIpc) is 2.28. The quantitative estimate of drug-likeness (QED) is 0.846. The van der Waals surface area contributed by atoms with E-state index in [1.807, 2.05) is 38.1 Å². The molecule has 0 aliphatic heterocycles. The van der Waals surface area contributed by atoms with Crippen LogP contribution in [0.25, 0.3) is 0 Å². The smallest absolute Gasteiger partial charge is 0.223 e. The summed E-state index contributed by atoms with van der Waals surface area (Å²) in [6.45, 7) is 5.91. The maximum atomic E-state index is 11.7. The van der Waals surface area contributed by atoms with E-state index in [0.717, 1.165) is 18.4 Å². The summed E-state index contributed by atoms with van der Waals surface area (Å²) in [5, 5.41) is 3.77. The number of hydrogen-bond acceptors (Lipinski definition) is 1. The Morgan fingerprint density at radius 3 is 2.65 bits per heavy atom. The van der Waals surface area contributed by atoms with Gasteiger partial charge in [-0.2, -0.15) is 0 Å². The first kappa shape index (κ1) is 14.0. The maximum absolute atomic E-state index is 11.7. The van der Waals surface area contributed by atoms with Gasteiger partial charge in [-0.1, -0.05) is 50.9 Å². The van der Waals surface area contributed by atoms with Crippen molar-refractivity contribution in [3.63, 3.8) is 0 Å². The predicted molar refractivity (Wildman–Crippen MR) is 72.1 cm³/mol. The second-order valence-electron chi connectivity index (χ2n) is 4.56. The van der Waals surface area contributed by atoms with E-state index in [-0.39, 0.29) is 17.9 Å². The van der Waals surface area contributed by atoms with Crippen LogP contribution in [0.1, 0.15) is 45.2 Å². The lowest BCUT2D eigenvalue weighted by Gasteiger charge is -2.20. The molecule has 0 bridgehead atoms. The third-order valence-corrected chi connectivity index (χ3v) is 2.90. The van der Waals surface area contributed by atoms with Crippen molar-refractivity contribution >= 4 is 17.5 Å². The van der Waals surface area contributed by atoms with Gasteiger partial charge in [0.05, 0.1) is 6.04 Å². The molecule has 1 aromatic carbocycles. The molecule has 0 radical (unpaired) electrons. The first-order valence-corrected chi connectivity index (χ1v) is 6.48. The minimum absolute atomic E-state index is 0.00791. The van der Waals surface area contributed by atoms with E-state index in [4.69, 9.17) is 11.6 Å². The number of rotatable bonds is 5. The highest BCUT2D eigenvalue weighted by molar-refractivity contribution is 6.30. The number of benzene rings is 1. The van der Waals surface area contributed by atoms with Gasteiger partial charge in [0, 0.05) is 10.9 Å². The van der Waals surface area contributed by atoms with Gasteiger partial charge >= 0.3 is 0 Å². The zero-order valence-corrected chi connectivity index (χ0v) is 11.4. The predicted octanol–water partition coefficient (Wildman–Crippen LogP) is 3.95. The first-order chi connectivity index (χ1) is 8.04. The lowest BCUT2D eigenvalue weighted by molar-refractivity contribution is -0.124. The van der Waals surface area contributed by atoms with Gasteiger partial charge in [-0.25, -0.2) is 0 Å². The van der Waals surface area contributed by atoms with E-state index >= 15 is 0 Å². The summed E-state index contributed by atoms with van der Waals surface area (Å²) in [5.74, 6) is 0.0944. The standard InChI is InChI=1S/C14H20ClNO/c1-4-6-13(16-14(17)10(2)3)11-7-5-8-12(15)9-11/h5,7-10,13H,4,6H2,1-3H3,(H,16,17). The van der Waals surface area contributed by atoms with Crippen LogP contribution < -0.4 is 5.32 Å². The third kappa shape index (κ3) is 4.39. The summed E-state index contributed by atoms with van der Waals surface area (Å²) in [4.78, 5) is 11.7. The summed E-state index contributed by atoms with van der Waals surface area (Å²) in [7, 11) is 0. The number of carbonyl (C=O) groups excluding carboxylic acids is 1. The molecule has 0 saturated heterocycles. The molecule has 0 fully saturated rings. The van der Waals surface area contributed by atoms with Crippen LogP contribution in [0.5, 0.6) is 0 Å². The van der Waals surface area contributed by atoms with Crippen LogP contribution in [0.15, 0.2) is 24.3 Å². The second-order valence-corrected chi connectivity index (χ2v) is 5.00. The van der Waals surface area contributed by atoms with Crippen LogP contribution in [0.2, 0.25) is 5.02 Å². The van der Waals surface area contributed by atoms with Crippen LogP contribution in [-0.4, -0.2) is 5.91 Å². The van der Waals surface area contributed by atoms with Crippen molar-refractivity contribution in [3.8, 4) is 0 Å². The average molecular weight is 254 g/mol. The van der Waals surface area contributed by atoms with Crippen molar-refractivity contribution in [2.75, 3.05) is 0 Å². The zero-order valence-electron chi connectivity index (χ0n) is 10.7. The molecule has 1 aromatic rings. The largest absolute Gasteiger partial charge is 0.349 e. The van der Waals surface area contributed by atoms with E-state index in [2.05, 4.69) is 12.2 Å². The lowest BCUT2D eigenvalue weighted by atomic mass is 10.0. The summed E-state index contributed by atoms with van der Waals surface area (Å²) in [5.41, 5.74) is 1.08. The van der Waals surface area contributed by atoms with Gasteiger partial charge in [0.2, 0.25) is 5.91 Å². The Morgan fingerprint density at radius 1 is 1.41 bits per heavy atom. The molecule has 0 saturated carbocycles. The van der Waals surface area contributed by atoms with Crippen LogP contribution in [0, 0.1) is 5.92 Å².